The molecule has 0 aliphatic carbocycles. The van der Waals surface area contributed by atoms with Crippen LogP contribution >= 0.6 is 0 Å². The highest BCUT2D eigenvalue weighted by Gasteiger charge is 2.56. The van der Waals surface area contributed by atoms with Crippen molar-refractivity contribution in [1.82, 2.24) is 25.5 Å². The summed E-state index contributed by atoms with van der Waals surface area (Å²) >= 11 is 0. The van der Waals surface area contributed by atoms with Crippen molar-refractivity contribution in [2.75, 3.05) is 19.7 Å². The van der Waals surface area contributed by atoms with Crippen LogP contribution in [0.2, 0.25) is 0 Å². The van der Waals surface area contributed by atoms with Crippen molar-refractivity contribution in [3.8, 4) is 0 Å². The molecule has 302 valence electrons. The summed E-state index contributed by atoms with van der Waals surface area (Å²) in [5, 5.41) is 8.32. The van der Waals surface area contributed by atoms with Crippen molar-refractivity contribution >= 4 is 35.9 Å². The van der Waals surface area contributed by atoms with E-state index in [1.165, 1.54) is 0 Å². The first-order valence-electron chi connectivity index (χ1n) is 17.7. The molecule has 7 atom stereocenters. The lowest BCUT2D eigenvalue weighted by atomic mass is 9.98. The van der Waals surface area contributed by atoms with Gasteiger partial charge in [0, 0.05) is 39.6 Å². The van der Waals surface area contributed by atoms with Gasteiger partial charge in [-0.05, 0) is 37.8 Å². The molecule has 0 bridgehead atoms. The number of aromatic amines is 1. The van der Waals surface area contributed by atoms with Crippen LogP contribution < -0.4 is 27.2 Å². The van der Waals surface area contributed by atoms with Gasteiger partial charge in [0.25, 0.3) is 5.56 Å². The van der Waals surface area contributed by atoms with E-state index in [1.54, 1.807) is 19.1 Å². The van der Waals surface area contributed by atoms with Gasteiger partial charge in [0.15, 0.2) is 24.5 Å². The SMILES string of the molecule is CCOC(=O)C(NCCCNC(=O)[C@H](CC(C)C)NC(=O)OCc1ccccc1)C(OC(C)=O)[C@H]1O[C@H](n2ccc(=O)[nH]c2=O)[C@H](OC(C)=O)[C@@H]1OC(C)=O. The predicted octanol–water partition coefficient (Wildman–Crippen LogP) is 0.598. The molecule has 2 unspecified atom stereocenters. The molecule has 2 aromatic rings. The number of hydrogen-bond acceptors (Lipinski definition) is 15. The molecule has 4 N–H and O–H groups in total. The summed E-state index contributed by atoms with van der Waals surface area (Å²) in [5.41, 5.74) is -0.912. The lowest BCUT2D eigenvalue weighted by Crippen LogP contribution is -2.57. The van der Waals surface area contributed by atoms with Crippen LogP contribution in [0, 0.1) is 5.92 Å². The van der Waals surface area contributed by atoms with E-state index in [-0.39, 0.29) is 38.6 Å². The van der Waals surface area contributed by atoms with Gasteiger partial charge in [-0.25, -0.2) is 9.59 Å². The zero-order valence-corrected chi connectivity index (χ0v) is 31.6. The first-order chi connectivity index (χ1) is 26.1. The van der Waals surface area contributed by atoms with Crippen molar-refractivity contribution in [3.63, 3.8) is 0 Å². The van der Waals surface area contributed by atoms with Crippen LogP contribution in [0.1, 0.15) is 66.2 Å². The second kappa shape index (κ2) is 21.4. The minimum absolute atomic E-state index is 0.0179. The van der Waals surface area contributed by atoms with Crippen LogP contribution in [0.3, 0.4) is 0 Å². The Balaban J connectivity index is 1.79. The summed E-state index contributed by atoms with van der Waals surface area (Å²) in [6.45, 7) is 8.57. The van der Waals surface area contributed by atoms with Gasteiger partial charge in [-0.2, -0.15) is 0 Å². The summed E-state index contributed by atoms with van der Waals surface area (Å²) in [4.78, 5) is 103. The van der Waals surface area contributed by atoms with Gasteiger partial charge in [-0.15, -0.1) is 0 Å². The number of carbonyl (C=O) groups is 6. The second-order valence-corrected chi connectivity index (χ2v) is 12.9. The Morgan fingerprint density at radius 3 is 2.16 bits per heavy atom. The van der Waals surface area contributed by atoms with Gasteiger partial charge in [0.05, 0.1) is 6.61 Å². The minimum Gasteiger partial charge on any atom is -0.465 e. The smallest absolute Gasteiger partial charge is 0.408 e. The quantitative estimate of drug-likeness (QED) is 0.0867. The lowest BCUT2D eigenvalue weighted by molar-refractivity contribution is -0.176. The number of nitrogens with zero attached hydrogens (tertiary/aromatic N) is 1. The zero-order chi connectivity index (χ0) is 40.7. The Morgan fingerprint density at radius 2 is 1.56 bits per heavy atom. The molecule has 2 amide bonds. The van der Waals surface area contributed by atoms with E-state index < -0.39 is 89.9 Å². The normalized spacial score (nSPS) is 19.3. The van der Waals surface area contributed by atoms with Gasteiger partial charge in [0.2, 0.25) is 5.91 Å². The van der Waals surface area contributed by atoms with Crippen LogP contribution in [0.25, 0.3) is 0 Å². The van der Waals surface area contributed by atoms with Crippen LogP contribution in [-0.4, -0.2) is 102 Å². The molecule has 1 aliphatic heterocycles. The van der Waals surface area contributed by atoms with Crippen molar-refractivity contribution in [3.05, 3.63) is 69.0 Å². The third-order valence-corrected chi connectivity index (χ3v) is 8.00. The lowest BCUT2D eigenvalue weighted by Gasteiger charge is -2.32. The standard InChI is InChI=1S/C36H49N5O14/c1-7-50-34(47)27(37-15-11-16-38-32(46)25(18-20(2)3)39-36(49)51-19-24-12-9-8-10-13-24)28(52-21(4)42)29-30(53-22(5)43)31(54-23(6)44)33(55-29)41-17-14-26(45)40-35(41)48/h8-10,12-14,17,20,25,27-31,33,37H,7,11,15-16,18-19H2,1-6H3,(H,38,46)(H,39,49)(H,40,45,48)/t25-,27?,28?,29+,30+,31+,33-/m0/s1. The largest absolute Gasteiger partial charge is 0.465 e. The average molecular weight is 776 g/mol. The van der Waals surface area contributed by atoms with Crippen molar-refractivity contribution in [2.45, 2.75) is 104 Å². The van der Waals surface area contributed by atoms with Gasteiger partial charge in [-0.1, -0.05) is 44.2 Å². The third kappa shape index (κ3) is 13.7. The fraction of sp³-hybridized carbons (Fsp3) is 0.556. The van der Waals surface area contributed by atoms with Gasteiger partial charge in [-0.3, -0.25) is 38.3 Å². The Bertz CT molecular complexity index is 1750. The van der Waals surface area contributed by atoms with Crippen LogP contribution in [0.5, 0.6) is 0 Å². The Morgan fingerprint density at radius 1 is 0.891 bits per heavy atom. The molecule has 0 radical (unpaired) electrons. The number of alkyl carbamates (subject to hydrolysis) is 1. The Hall–Kier alpha value is -5.56. The number of nitrogens with one attached hydrogen (secondary N) is 4. The maximum absolute atomic E-state index is 13.4. The monoisotopic (exact) mass is 775 g/mol. The number of benzene rings is 1. The second-order valence-electron chi connectivity index (χ2n) is 12.9. The number of carbonyl (C=O) groups excluding carboxylic acids is 6. The van der Waals surface area contributed by atoms with Crippen LogP contribution in [-0.2, 0) is 59.0 Å². The molecule has 0 saturated carbocycles. The average Bonchev–Trinajstić information content (AvgIpc) is 3.43. The highest BCUT2D eigenvalue weighted by molar-refractivity contribution is 5.85. The van der Waals surface area contributed by atoms with E-state index in [2.05, 4.69) is 20.9 Å². The number of ether oxygens (including phenoxy) is 6. The van der Waals surface area contributed by atoms with Crippen LogP contribution in [0.15, 0.2) is 52.2 Å². The fourth-order valence-electron chi connectivity index (χ4n) is 5.80. The van der Waals surface area contributed by atoms with Gasteiger partial charge < -0.3 is 44.4 Å². The molecule has 2 heterocycles. The summed E-state index contributed by atoms with van der Waals surface area (Å²) in [5.74, 6) is -3.90. The summed E-state index contributed by atoms with van der Waals surface area (Å²) in [6, 6.07) is 7.68. The molecule has 1 aliphatic rings. The third-order valence-electron chi connectivity index (χ3n) is 8.00. The molecule has 19 nitrogen and oxygen atoms in total. The van der Waals surface area contributed by atoms with E-state index in [4.69, 9.17) is 28.4 Å². The van der Waals surface area contributed by atoms with E-state index in [0.29, 0.717) is 6.42 Å². The van der Waals surface area contributed by atoms with E-state index in [9.17, 15) is 38.4 Å². The number of H-pyrrole nitrogens is 1. The maximum atomic E-state index is 13.4. The highest BCUT2D eigenvalue weighted by Crippen LogP contribution is 2.36. The molecule has 0 spiro atoms. The summed E-state index contributed by atoms with van der Waals surface area (Å²) < 4.78 is 34.1. The number of amides is 2. The van der Waals surface area contributed by atoms with E-state index in [1.807, 2.05) is 32.0 Å². The fourth-order valence-corrected chi connectivity index (χ4v) is 5.80. The Kier molecular flexibility index (Phi) is 17.0. The first kappa shape index (κ1) is 43.8. The topological polar surface area (TPSA) is 249 Å². The predicted molar refractivity (Wildman–Crippen MR) is 191 cm³/mol. The highest BCUT2D eigenvalue weighted by atomic mass is 16.7. The van der Waals surface area contributed by atoms with Crippen molar-refractivity contribution in [1.29, 1.82) is 0 Å². The first-order valence-corrected chi connectivity index (χ1v) is 17.7. The molecular formula is C36H49N5O14. The van der Waals surface area contributed by atoms with Crippen LogP contribution in [0.4, 0.5) is 4.79 Å². The Labute approximate surface area is 316 Å². The molecule has 1 aromatic carbocycles. The van der Waals surface area contributed by atoms with E-state index in [0.717, 1.165) is 43.2 Å². The summed E-state index contributed by atoms with van der Waals surface area (Å²) in [7, 11) is 0. The number of rotatable bonds is 19. The van der Waals surface area contributed by atoms with Crippen molar-refractivity contribution < 1.29 is 57.2 Å². The maximum Gasteiger partial charge on any atom is 0.408 e. The number of hydrogen-bond donors (Lipinski definition) is 4. The minimum atomic E-state index is -1.61. The number of aromatic nitrogens is 2. The molecule has 1 fully saturated rings. The molecule has 55 heavy (non-hydrogen) atoms. The van der Waals surface area contributed by atoms with Gasteiger partial charge >= 0.3 is 35.7 Å². The summed E-state index contributed by atoms with van der Waals surface area (Å²) in [6.07, 6.45) is -6.90. The van der Waals surface area contributed by atoms with Gasteiger partial charge in [0.1, 0.15) is 24.8 Å². The van der Waals surface area contributed by atoms with Crippen molar-refractivity contribution in [2.24, 2.45) is 5.92 Å². The molecule has 3 rings (SSSR count). The molecule has 1 aromatic heterocycles. The van der Waals surface area contributed by atoms with E-state index >= 15 is 0 Å². The molecule has 19 heteroatoms. The molecule has 1 saturated heterocycles. The number of esters is 4. The molecular weight excluding hydrogens is 726 g/mol. The zero-order valence-electron chi connectivity index (χ0n) is 31.6.